The number of hydrogen-bond acceptors (Lipinski definition) is 4. The van der Waals surface area contributed by atoms with E-state index < -0.39 is 5.92 Å². The third-order valence-corrected chi connectivity index (χ3v) is 9.28. The Morgan fingerprint density at radius 3 is 2.10 bits per heavy atom. The minimum atomic E-state index is -0.479. The molecule has 5 atom stereocenters. The van der Waals surface area contributed by atoms with Gasteiger partial charge in [0.15, 0.2) is 0 Å². The topological polar surface area (TPSA) is 87.0 Å². The molecule has 3 saturated heterocycles. The van der Waals surface area contributed by atoms with Crippen LogP contribution < -0.4 is 5.73 Å². The molecule has 7 heteroatoms. The Labute approximate surface area is 232 Å². The molecule has 3 amide bonds. The van der Waals surface area contributed by atoms with E-state index in [0.717, 1.165) is 61.4 Å². The summed E-state index contributed by atoms with van der Waals surface area (Å²) in [7, 11) is 0. The predicted octanol–water partition coefficient (Wildman–Crippen LogP) is 3.59. The van der Waals surface area contributed by atoms with E-state index in [-0.39, 0.29) is 42.1 Å². The molecule has 208 valence electrons. The summed E-state index contributed by atoms with van der Waals surface area (Å²) in [6.45, 7) is 12.5. The van der Waals surface area contributed by atoms with Gasteiger partial charge in [-0.25, -0.2) is 0 Å². The summed E-state index contributed by atoms with van der Waals surface area (Å²) in [6.07, 6.45) is 1.04. The highest BCUT2D eigenvalue weighted by Gasteiger charge is 2.48. The lowest BCUT2D eigenvalue weighted by molar-refractivity contribution is -0.130. The molecule has 4 unspecified atom stereocenters. The number of nitrogens with two attached hydrogens (primary N) is 1. The van der Waals surface area contributed by atoms with E-state index in [4.69, 9.17) is 5.73 Å². The summed E-state index contributed by atoms with van der Waals surface area (Å²) in [4.78, 5) is 45.3. The van der Waals surface area contributed by atoms with Gasteiger partial charge in [0.25, 0.3) is 5.91 Å². The molecule has 3 fully saturated rings. The van der Waals surface area contributed by atoms with Crippen molar-refractivity contribution in [2.75, 3.05) is 32.7 Å². The molecule has 0 radical (unpaired) electrons. The van der Waals surface area contributed by atoms with Crippen molar-refractivity contribution in [2.24, 2.45) is 23.5 Å². The lowest BCUT2D eigenvalue weighted by Gasteiger charge is -2.37. The van der Waals surface area contributed by atoms with Crippen molar-refractivity contribution in [3.8, 4) is 0 Å². The number of aryl methyl sites for hydroxylation is 2. The molecular formula is C32H42N4O3. The largest absolute Gasteiger partial charge is 0.369 e. The molecule has 5 rings (SSSR count). The minimum absolute atomic E-state index is 0.00427. The van der Waals surface area contributed by atoms with Crippen molar-refractivity contribution in [3.05, 3.63) is 70.8 Å². The normalized spacial score (nSPS) is 25.9. The minimum Gasteiger partial charge on any atom is -0.369 e. The molecular weight excluding hydrogens is 488 g/mol. The van der Waals surface area contributed by atoms with Gasteiger partial charge in [-0.1, -0.05) is 48.5 Å². The lowest BCUT2D eigenvalue weighted by Crippen LogP contribution is -2.47. The first kappa shape index (κ1) is 27.4. The molecule has 3 heterocycles. The van der Waals surface area contributed by atoms with Crippen LogP contribution in [0.2, 0.25) is 0 Å². The molecule has 7 nitrogen and oxygen atoms in total. The molecule has 2 N–H and O–H groups in total. The lowest BCUT2D eigenvalue weighted by atomic mass is 9.81. The van der Waals surface area contributed by atoms with Gasteiger partial charge >= 0.3 is 0 Å². The van der Waals surface area contributed by atoms with Crippen LogP contribution in [-0.4, -0.2) is 77.2 Å². The van der Waals surface area contributed by atoms with E-state index in [0.29, 0.717) is 11.8 Å². The van der Waals surface area contributed by atoms with Crippen LogP contribution in [0.25, 0.3) is 0 Å². The smallest absolute Gasteiger partial charge is 0.254 e. The van der Waals surface area contributed by atoms with Crippen LogP contribution in [0.4, 0.5) is 0 Å². The maximum atomic E-state index is 13.4. The molecule has 0 saturated carbocycles. The fourth-order valence-corrected chi connectivity index (χ4v) is 7.45. The molecule has 0 aromatic heterocycles. The van der Waals surface area contributed by atoms with Crippen LogP contribution in [0.3, 0.4) is 0 Å². The van der Waals surface area contributed by atoms with Gasteiger partial charge in [-0.3, -0.25) is 14.4 Å². The van der Waals surface area contributed by atoms with Crippen LogP contribution >= 0.6 is 0 Å². The number of fused-ring (bicyclic) bond motifs is 1. The fourth-order valence-electron chi connectivity index (χ4n) is 7.45. The zero-order valence-electron chi connectivity index (χ0n) is 23.7. The summed E-state index contributed by atoms with van der Waals surface area (Å²) >= 11 is 0. The fraction of sp³-hybridized carbons (Fsp3) is 0.531. The number of rotatable bonds is 8. The summed E-state index contributed by atoms with van der Waals surface area (Å²) in [5, 5.41) is 0. The quantitative estimate of drug-likeness (QED) is 0.565. The molecule has 2 aromatic carbocycles. The Hall–Kier alpha value is -3.19. The van der Waals surface area contributed by atoms with E-state index >= 15 is 0 Å². The number of carbonyl (C=O) groups is 3. The van der Waals surface area contributed by atoms with Gasteiger partial charge < -0.3 is 20.4 Å². The Morgan fingerprint density at radius 1 is 0.923 bits per heavy atom. The Balaban J connectivity index is 1.27. The second-order valence-electron chi connectivity index (χ2n) is 12.2. The van der Waals surface area contributed by atoms with Gasteiger partial charge in [-0.2, -0.15) is 0 Å². The molecule has 3 aliphatic rings. The van der Waals surface area contributed by atoms with Crippen molar-refractivity contribution in [1.82, 2.24) is 14.7 Å². The average Bonchev–Trinajstić information content (AvgIpc) is 3.56. The van der Waals surface area contributed by atoms with Gasteiger partial charge in [0.05, 0.1) is 12.0 Å². The maximum absolute atomic E-state index is 13.4. The number of likely N-dealkylation sites (tertiary alicyclic amines) is 3. The van der Waals surface area contributed by atoms with Crippen LogP contribution in [0.1, 0.15) is 59.7 Å². The number of hydrogen-bond donors (Lipinski definition) is 1. The van der Waals surface area contributed by atoms with Crippen molar-refractivity contribution >= 4 is 17.7 Å². The Kier molecular flexibility index (Phi) is 7.81. The number of amides is 3. The number of primary amides is 1. The van der Waals surface area contributed by atoms with Crippen LogP contribution in [0.15, 0.2) is 48.5 Å². The number of carbonyl (C=O) groups excluding carboxylic acids is 3. The van der Waals surface area contributed by atoms with Crippen molar-refractivity contribution in [3.63, 3.8) is 0 Å². The Bertz CT molecular complexity index is 1190. The molecule has 0 aliphatic carbocycles. The number of nitrogens with zero attached hydrogens (tertiary/aromatic N) is 3. The molecule has 0 spiro atoms. The van der Waals surface area contributed by atoms with Crippen LogP contribution in [-0.2, 0) is 9.59 Å². The molecule has 3 aliphatic heterocycles. The second kappa shape index (κ2) is 11.1. The third kappa shape index (κ3) is 5.33. The van der Waals surface area contributed by atoms with Crippen molar-refractivity contribution < 1.29 is 14.4 Å². The average molecular weight is 531 g/mol. The first-order chi connectivity index (χ1) is 18.7. The van der Waals surface area contributed by atoms with E-state index in [2.05, 4.69) is 21.9 Å². The highest BCUT2D eigenvalue weighted by molar-refractivity contribution is 5.97. The third-order valence-electron chi connectivity index (χ3n) is 9.28. The Morgan fingerprint density at radius 2 is 1.54 bits per heavy atom. The van der Waals surface area contributed by atoms with Crippen molar-refractivity contribution in [1.29, 1.82) is 0 Å². The number of benzene rings is 2. The summed E-state index contributed by atoms with van der Waals surface area (Å²) in [5.74, 6) is 0.297. The standard InChI is InChI=1S/C32H42N4O3/c1-20(2)36-28(37)15-27(31(33)38)30(36)26(23-11-6-5-7-12-23)13-14-34-16-24-18-35(19-25(24)17-34)32(39)29-21(3)9-8-10-22(29)4/h5-12,20,24-27,30H,13-19H2,1-4H3,(H2,33,38)/t24?,25?,26-,27?,30?/m0/s1. The zero-order valence-corrected chi connectivity index (χ0v) is 23.7. The molecule has 0 bridgehead atoms. The van der Waals surface area contributed by atoms with Crippen molar-refractivity contribution in [2.45, 2.75) is 58.5 Å². The van der Waals surface area contributed by atoms with E-state index in [1.54, 1.807) is 0 Å². The maximum Gasteiger partial charge on any atom is 0.254 e. The SMILES string of the molecule is Cc1cccc(C)c1C(=O)N1CC2CN(CC[C@@H](c3ccccc3)C3C(C(N)=O)CC(=O)N3C(C)C)CC2C1. The van der Waals surface area contributed by atoms with Crippen LogP contribution in [0.5, 0.6) is 0 Å². The predicted molar refractivity (Wildman–Crippen MR) is 152 cm³/mol. The van der Waals surface area contributed by atoms with Gasteiger partial charge in [-0.15, -0.1) is 0 Å². The van der Waals surface area contributed by atoms with Gasteiger partial charge in [0, 0.05) is 50.1 Å². The van der Waals surface area contributed by atoms with E-state index in [9.17, 15) is 14.4 Å². The first-order valence-corrected chi connectivity index (χ1v) is 14.4. The highest BCUT2D eigenvalue weighted by atomic mass is 16.2. The highest BCUT2D eigenvalue weighted by Crippen LogP contribution is 2.40. The van der Waals surface area contributed by atoms with Crippen LogP contribution in [0, 0.1) is 31.6 Å². The van der Waals surface area contributed by atoms with E-state index in [1.807, 2.05) is 69.0 Å². The summed E-state index contributed by atoms with van der Waals surface area (Å²) < 4.78 is 0. The monoisotopic (exact) mass is 530 g/mol. The van der Waals surface area contributed by atoms with E-state index in [1.165, 1.54) is 0 Å². The molecule has 2 aromatic rings. The van der Waals surface area contributed by atoms with Gasteiger partial charge in [0.2, 0.25) is 11.8 Å². The summed E-state index contributed by atoms with van der Waals surface area (Å²) in [5.41, 5.74) is 9.93. The zero-order chi connectivity index (χ0) is 27.8. The van der Waals surface area contributed by atoms with Gasteiger partial charge in [-0.05, 0) is 69.2 Å². The molecule has 39 heavy (non-hydrogen) atoms. The van der Waals surface area contributed by atoms with Gasteiger partial charge in [0.1, 0.15) is 0 Å². The summed E-state index contributed by atoms with van der Waals surface area (Å²) in [6, 6.07) is 16.1. The first-order valence-electron chi connectivity index (χ1n) is 14.4. The second-order valence-corrected chi connectivity index (χ2v) is 12.2.